The number of nitrogens with zero attached hydrogens (tertiary/aromatic N) is 7. The molecule has 0 spiro atoms. The lowest BCUT2D eigenvalue weighted by atomic mass is 10.1. The molecule has 6 aromatic carbocycles. The normalized spacial score (nSPS) is 12.8. The molecular formula is C32H21N7O14S3. The standard InChI is InChI=1S/C32H21N7O14S3/c40-27-14-20(55(48,49)50)12-16-11-19(54(45,46)47)13-24(29(16)27)35-38-30-31(41)25(36-33-17-5-7-18(8-6-17)39(43)44)15-26(32(30)42)37-34-23-9-10-28(56(51,52)53)22-4-2-1-3-21(22)23/h1-15,40-42H,(H,45,46,47)(H,48,49,50)(H,51,52,53). The predicted octanol–water partition coefficient (Wildman–Crippen LogP) is 8.00. The van der Waals surface area contributed by atoms with Gasteiger partial charge in [0.1, 0.15) is 22.0 Å². The van der Waals surface area contributed by atoms with Gasteiger partial charge in [-0.05, 0) is 47.9 Å². The molecule has 0 heterocycles. The minimum absolute atomic E-state index is 0.0333. The van der Waals surface area contributed by atoms with Crippen LogP contribution in [0.2, 0.25) is 0 Å². The van der Waals surface area contributed by atoms with Crippen LogP contribution in [0.5, 0.6) is 17.2 Å². The van der Waals surface area contributed by atoms with E-state index in [0.717, 1.165) is 36.4 Å². The Morgan fingerprint density at radius 2 is 1.07 bits per heavy atom. The molecule has 0 aliphatic carbocycles. The summed E-state index contributed by atoms with van der Waals surface area (Å²) in [4.78, 5) is 8.25. The van der Waals surface area contributed by atoms with E-state index in [4.69, 9.17) is 0 Å². The van der Waals surface area contributed by atoms with Gasteiger partial charge in [-0.2, -0.15) is 30.4 Å². The second-order valence-corrected chi connectivity index (χ2v) is 15.6. The molecule has 0 aliphatic rings. The average Bonchev–Trinajstić information content (AvgIpc) is 3.12. The summed E-state index contributed by atoms with van der Waals surface area (Å²) in [6, 6.07) is 16.7. The SMILES string of the molecule is O=[N+]([O-])c1ccc(N=Nc2cc(N=Nc3ccc(S(=O)(=O)O)c4ccccc34)c(O)c(N=Nc3cc(S(=O)(=O)O)cc4cc(S(=O)(=O)O)cc(O)c34)c2O)cc1. The Labute approximate surface area is 313 Å². The molecule has 0 saturated heterocycles. The van der Waals surface area contributed by atoms with Crippen LogP contribution < -0.4 is 0 Å². The van der Waals surface area contributed by atoms with Crippen LogP contribution in [0.25, 0.3) is 21.5 Å². The van der Waals surface area contributed by atoms with E-state index in [9.17, 15) is 64.3 Å². The summed E-state index contributed by atoms with van der Waals surface area (Å²) in [7, 11) is -14.6. The molecule has 6 aromatic rings. The van der Waals surface area contributed by atoms with Crippen molar-refractivity contribution in [3.63, 3.8) is 0 Å². The Hall–Kier alpha value is -6.83. The molecular weight excluding hydrogens is 803 g/mol. The Balaban J connectivity index is 1.54. The summed E-state index contributed by atoms with van der Waals surface area (Å²) >= 11 is 0. The number of rotatable bonds is 10. The van der Waals surface area contributed by atoms with Crippen molar-refractivity contribution in [2.45, 2.75) is 14.7 Å². The van der Waals surface area contributed by atoms with Gasteiger partial charge in [-0.25, -0.2) is 0 Å². The number of hydrogen-bond acceptors (Lipinski definition) is 17. The highest BCUT2D eigenvalue weighted by Gasteiger charge is 2.22. The zero-order chi connectivity index (χ0) is 40.7. The lowest BCUT2D eigenvalue weighted by Crippen LogP contribution is -2.00. The number of nitro benzene ring substituents is 1. The van der Waals surface area contributed by atoms with Crippen molar-refractivity contribution < 1.29 is 59.2 Å². The molecule has 0 aromatic heterocycles. The van der Waals surface area contributed by atoms with E-state index < -0.39 is 90.0 Å². The van der Waals surface area contributed by atoms with Crippen molar-refractivity contribution in [3.8, 4) is 17.2 Å². The second kappa shape index (κ2) is 14.4. The number of phenolic OH excluding ortho intramolecular Hbond substituents is 3. The van der Waals surface area contributed by atoms with E-state index in [1.54, 1.807) is 6.07 Å². The van der Waals surface area contributed by atoms with Gasteiger partial charge in [0.2, 0.25) is 0 Å². The Bertz CT molecular complexity index is 3060. The quantitative estimate of drug-likeness (QED) is 0.0330. The molecule has 0 radical (unpaired) electrons. The largest absolute Gasteiger partial charge is 0.507 e. The van der Waals surface area contributed by atoms with E-state index in [2.05, 4.69) is 30.7 Å². The molecule has 0 bridgehead atoms. The molecule has 21 nitrogen and oxygen atoms in total. The van der Waals surface area contributed by atoms with Crippen LogP contribution in [0.4, 0.5) is 39.8 Å². The van der Waals surface area contributed by atoms with E-state index in [1.165, 1.54) is 36.4 Å². The van der Waals surface area contributed by atoms with E-state index in [1.807, 2.05) is 0 Å². The fraction of sp³-hybridized carbons (Fsp3) is 0. The van der Waals surface area contributed by atoms with Crippen molar-refractivity contribution in [2.75, 3.05) is 0 Å². The maximum atomic E-state index is 12.1. The molecule has 0 fully saturated rings. The predicted molar refractivity (Wildman–Crippen MR) is 194 cm³/mol. The van der Waals surface area contributed by atoms with Gasteiger partial charge in [0.25, 0.3) is 36.0 Å². The summed E-state index contributed by atoms with van der Waals surface area (Å²) in [5, 5.41) is 67.3. The molecule has 6 rings (SSSR count). The minimum atomic E-state index is -5.03. The van der Waals surface area contributed by atoms with Gasteiger partial charge in [-0.1, -0.05) is 24.3 Å². The van der Waals surface area contributed by atoms with Gasteiger partial charge in [-0.3, -0.25) is 23.8 Å². The van der Waals surface area contributed by atoms with Gasteiger partial charge in [0.05, 0.1) is 37.2 Å². The zero-order valence-electron chi connectivity index (χ0n) is 27.5. The van der Waals surface area contributed by atoms with Gasteiger partial charge < -0.3 is 15.3 Å². The average molecular weight is 824 g/mol. The maximum Gasteiger partial charge on any atom is 0.295 e. The summed E-state index contributed by atoms with van der Waals surface area (Å²) in [5.74, 6) is -2.71. The van der Waals surface area contributed by atoms with Crippen LogP contribution in [0.1, 0.15) is 0 Å². The molecule has 0 unspecified atom stereocenters. The lowest BCUT2D eigenvalue weighted by Gasteiger charge is -2.10. The molecule has 56 heavy (non-hydrogen) atoms. The maximum absolute atomic E-state index is 12.1. The third-order valence-corrected chi connectivity index (χ3v) is 10.3. The zero-order valence-corrected chi connectivity index (χ0v) is 29.9. The highest BCUT2D eigenvalue weighted by Crippen LogP contribution is 2.51. The number of hydrogen-bond donors (Lipinski definition) is 6. The highest BCUT2D eigenvalue weighted by atomic mass is 32.2. The number of fused-ring (bicyclic) bond motifs is 2. The van der Waals surface area contributed by atoms with Crippen molar-refractivity contribution in [1.82, 2.24) is 0 Å². The van der Waals surface area contributed by atoms with E-state index in [-0.39, 0.29) is 38.6 Å². The van der Waals surface area contributed by atoms with Gasteiger partial charge >= 0.3 is 0 Å². The number of aromatic hydroxyl groups is 3. The molecule has 0 amide bonds. The van der Waals surface area contributed by atoms with Gasteiger partial charge in [-0.15, -0.1) is 25.6 Å². The van der Waals surface area contributed by atoms with Crippen molar-refractivity contribution >= 4 is 91.7 Å². The first-order chi connectivity index (χ1) is 26.2. The monoisotopic (exact) mass is 823 g/mol. The van der Waals surface area contributed by atoms with Crippen molar-refractivity contribution in [3.05, 3.63) is 101 Å². The molecule has 0 saturated carbocycles. The summed E-state index contributed by atoms with van der Waals surface area (Å²) in [6.45, 7) is 0. The first-order valence-electron chi connectivity index (χ1n) is 15.1. The summed E-state index contributed by atoms with van der Waals surface area (Å²) in [6.07, 6.45) is 0. The van der Waals surface area contributed by atoms with Crippen LogP contribution in [0, 0.1) is 10.1 Å². The summed E-state index contributed by atoms with van der Waals surface area (Å²) < 4.78 is 101. The minimum Gasteiger partial charge on any atom is -0.507 e. The van der Waals surface area contributed by atoms with Gasteiger partial charge in [0, 0.05) is 35.0 Å². The Kier molecular flexibility index (Phi) is 10.0. The molecule has 0 atom stereocenters. The van der Waals surface area contributed by atoms with Crippen LogP contribution in [-0.2, 0) is 30.4 Å². The smallest absolute Gasteiger partial charge is 0.295 e. The highest BCUT2D eigenvalue weighted by molar-refractivity contribution is 7.86. The van der Waals surface area contributed by atoms with Crippen molar-refractivity contribution in [2.24, 2.45) is 30.7 Å². The number of phenols is 3. The third-order valence-electron chi connectivity index (χ3n) is 7.75. The Morgan fingerprint density at radius 1 is 0.536 bits per heavy atom. The number of non-ortho nitro benzene ring substituents is 1. The lowest BCUT2D eigenvalue weighted by molar-refractivity contribution is -0.384. The second-order valence-electron chi connectivity index (χ2n) is 11.4. The topological polar surface area (TPSA) is 341 Å². The molecule has 6 N–H and O–H groups in total. The molecule has 24 heteroatoms. The first kappa shape index (κ1) is 38.9. The van der Waals surface area contributed by atoms with Crippen LogP contribution in [-0.4, -0.2) is 59.2 Å². The molecule has 0 aliphatic heterocycles. The number of azo groups is 3. The van der Waals surface area contributed by atoms with Gasteiger partial charge in [0.15, 0.2) is 17.2 Å². The Morgan fingerprint density at radius 3 is 1.64 bits per heavy atom. The fourth-order valence-electron chi connectivity index (χ4n) is 5.19. The van der Waals surface area contributed by atoms with Crippen LogP contribution in [0.3, 0.4) is 0 Å². The summed E-state index contributed by atoms with van der Waals surface area (Å²) in [5.41, 5.74) is -2.49. The van der Waals surface area contributed by atoms with E-state index in [0.29, 0.717) is 12.1 Å². The van der Waals surface area contributed by atoms with E-state index >= 15 is 0 Å². The fourth-order valence-corrected chi connectivity index (χ4v) is 6.96. The van der Waals surface area contributed by atoms with Crippen LogP contribution >= 0.6 is 0 Å². The first-order valence-corrected chi connectivity index (χ1v) is 19.4. The van der Waals surface area contributed by atoms with Crippen molar-refractivity contribution in [1.29, 1.82) is 0 Å². The number of benzene rings is 6. The number of nitro groups is 1. The third kappa shape index (κ3) is 7.99. The van der Waals surface area contributed by atoms with Crippen LogP contribution in [0.15, 0.2) is 136 Å². The molecule has 286 valence electrons.